The van der Waals surface area contributed by atoms with E-state index in [1.807, 2.05) is 6.08 Å². The minimum absolute atomic E-state index is 0.0241. The topological polar surface area (TPSA) is 125 Å². The van der Waals surface area contributed by atoms with Gasteiger partial charge in [0.1, 0.15) is 12.7 Å². The van der Waals surface area contributed by atoms with Gasteiger partial charge in [0.05, 0.1) is 25.7 Å². The molecule has 9 heteroatoms. The van der Waals surface area contributed by atoms with Crippen LogP contribution in [0.1, 0.15) is 207 Å². The average Bonchev–Trinajstić information content (AvgIpc) is 3.14. The molecule has 0 aliphatic carbocycles. The largest absolute Gasteiger partial charge is 0.465 e. The van der Waals surface area contributed by atoms with Gasteiger partial charge >= 0.3 is 23.9 Å². The van der Waals surface area contributed by atoms with Gasteiger partial charge in [0.25, 0.3) is 0 Å². The number of hydrogen-bond donors (Lipinski definition) is 1. The van der Waals surface area contributed by atoms with E-state index in [-0.39, 0.29) is 63.1 Å². The molecule has 53 heavy (non-hydrogen) atoms. The molecule has 1 unspecified atom stereocenters. The van der Waals surface area contributed by atoms with Gasteiger partial charge in [-0.15, -0.1) is 0 Å². The number of hydrogen-bond acceptors (Lipinski definition) is 9. The van der Waals surface area contributed by atoms with E-state index in [1.165, 1.54) is 89.9 Å². The van der Waals surface area contributed by atoms with Crippen molar-refractivity contribution in [1.82, 2.24) is 0 Å². The van der Waals surface area contributed by atoms with Gasteiger partial charge in [-0.25, -0.2) is 0 Å². The van der Waals surface area contributed by atoms with Crippen LogP contribution in [0.5, 0.6) is 0 Å². The zero-order chi connectivity index (χ0) is 39.0. The Kier molecular flexibility index (Phi) is 37.5. The average molecular weight is 753 g/mol. The smallest absolute Gasteiger partial charge is 0.306 e. The summed E-state index contributed by atoms with van der Waals surface area (Å²) in [6.45, 7) is 6.62. The molecular weight excluding hydrogens is 672 g/mol. The normalized spacial score (nSPS) is 11.9. The Morgan fingerprint density at radius 3 is 1.40 bits per heavy atom. The number of rotatable bonds is 39. The first-order chi connectivity index (χ1) is 25.9. The summed E-state index contributed by atoms with van der Waals surface area (Å²) in [6, 6.07) is 0. The van der Waals surface area contributed by atoms with Gasteiger partial charge in [-0.05, 0) is 57.8 Å². The van der Waals surface area contributed by atoms with Gasteiger partial charge in [0.15, 0.2) is 0 Å². The van der Waals surface area contributed by atoms with Crippen LogP contribution in [0.25, 0.3) is 0 Å². The number of allylic oxidation sites excluding steroid dienone is 1. The lowest BCUT2D eigenvalue weighted by Gasteiger charge is -2.18. The standard InChI is InChI=1S/C44H80O9/c1-4-7-10-13-16-22-27-35-50-41(46)31-25-20-17-21-26-32-42(47)51-37-39(36-45)38-52-43(48)33-28-34-44(49)53-40(29-23-18-14-11-8-5-2)30-24-19-15-12-9-6-3/h22,27,39-40,45H,4-21,23-26,28-38H2,1-3H3. The Morgan fingerprint density at radius 2 is 0.887 bits per heavy atom. The molecule has 0 aromatic heterocycles. The summed E-state index contributed by atoms with van der Waals surface area (Å²) in [5.41, 5.74) is 0. The summed E-state index contributed by atoms with van der Waals surface area (Å²) in [7, 11) is 0. The van der Waals surface area contributed by atoms with E-state index in [1.54, 1.807) is 0 Å². The fourth-order valence-electron chi connectivity index (χ4n) is 6.07. The van der Waals surface area contributed by atoms with E-state index in [4.69, 9.17) is 18.9 Å². The highest BCUT2D eigenvalue weighted by atomic mass is 16.6. The molecule has 1 atom stereocenters. The minimum atomic E-state index is -0.501. The number of unbranched alkanes of at least 4 members (excludes halogenated alkanes) is 18. The number of carbonyl (C=O) groups is 4. The number of aliphatic hydroxyl groups is 1. The van der Waals surface area contributed by atoms with Crippen LogP contribution in [0.2, 0.25) is 0 Å². The molecule has 0 radical (unpaired) electrons. The molecule has 0 saturated carbocycles. The van der Waals surface area contributed by atoms with Crippen LogP contribution in [0, 0.1) is 5.92 Å². The van der Waals surface area contributed by atoms with Gasteiger partial charge in [-0.3, -0.25) is 19.2 Å². The molecule has 0 saturated heterocycles. The second-order valence-electron chi connectivity index (χ2n) is 14.8. The Labute approximate surface area is 324 Å². The molecule has 0 heterocycles. The number of carbonyl (C=O) groups excluding carboxylic acids is 4. The molecule has 9 nitrogen and oxygen atoms in total. The third kappa shape index (κ3) is 36.3. The van der Waals surface area contributed by atoms with Crippen molar-refractivity contribution >= 4 is 23.9 Å². The van der Waals surface area contributed by atoms with Gasteiger partial charge < -0.3 is 24.1 Å². The van der Waals surface area contributed by atoms with E-state index < -0.39 is 11.9 Å². The first-order valence-electron chi connectivity index (χ1n) is 21.8. The highest BCUT2D eigenvalue weighted by Gasteiger charge is 2.17. The van der Waals surface area contributed by atoms with Crippen LogP contribution in [0.4, 0.5) is 0 Å². The first-order valence-corrected chi connectivity index (χ1v) is 21.8. The van der Waals surface area contributed by atoms with Crippen molar-refractivity contribution in [3.63, 3.8) is 0 Å². The van der Waals surface area contributed by atoms with Gasteiger partial charge in [-0.1, -0.05) is 136 Å². The maximum Gasteiger partial charge on any atom is 0.306 e. The Hall–Kier alpha value is -2.42. The molecular formula is C44H80O9. The quantitative estimate of drug-likeness (QED) is 0.0282. The van der Waals surface area contributed by atoms with Crippen molar-refractivity contribution in [2.45, 2.75) is 213 Å². The molecule has 0 aromatic carbocycles. The lowest BCUT2D eigenvalue weighted by molar-refractivity contribution is -0.151. The second-order valence-corrected chi connectivity index (χ2v) is 14.8. The molecule has 0 fully saturated rings. The fourth-order valence-corrected chi connectivity index (χ4v) is 6.07. The van der Waals surface area contributed by atoms with Gasteiger partial charge in [0, 0.05) is 25.7 Å². The summed E-state index contributed by atoms with van der Waals surface area (Å²) in [5, 5.41) is 9.68. The van der Waals surface area contributed by atoms with E-state index in [0.717, 1.165) is 57.8 Å². The molecule has 310 valence electrons. The maximum atomic E-state index is 12.6. The Bertz CT molecular complexity index is 887. The lowest BCUT2D eigenvalue weighted by Crippen LogP contribution is -2.24. The summed E-state index contributed by atoms with van der Waals surface area (Å²) in [5.74, 6) is -1.72. The third-order valence-corrected chi connectivity index (χ3v) is 9.53. The van der Waals surface area contributed by atoms with E-state index >= 15 is 0 Å². The predicted octanol–water partition coefficient (Wildman–Crippen LogP) is 11.1. The van der Waals surface area contributed by atoms with Crippen molar-refractivity contribution in [1.29, 1.82) is 0 Å². The van der Waals surface area contributed by atoms with Crippen LogP contribution in [-0.2, 0) is 38.1 Å². The first kappa shape index (κ1) is 50.6. The number of aliphatic hydroxyl groups excluding tert-OH is 1. The van der Waals surface area contributed by atoms with Crippen molar-refractivity contribution in [2.24, 2.45) is 5.92 Å². The van der Waals surface area contributed by atoms with Gasteiger partial charge in [-0.2, -0.15) is 0 Å². The third-order valence-electron chi connectivity index (χ3n) is 9.53. The minimum Gasteiger partial charge on any atom is -0.465 e. The van der Waals surface area contributed by atoms with E-state index in [2.05, 4.69) is 26.8 Å². The van der Waals surface area contributed by atoms with Crippen LogP contribution in [0.15, 0.2) is 12.2 Å². The molecule has 1 N–H and O–H groups in total. The summed E-state index contributed by atoms with van der Waals surface area (Å²) < 4.78 is 21.7. The fraction of sp³-hybridized carbons (Fsp3) is 0.864. The molecule has 0 aromatic rings. The highest BCUT2D eigenvalue weighted by Crippen LogP contribution is 2.18. The van der Waals surface area contributed by atoms with Crippen molar-refractivity contribution in [3.05, 3.63) is 12.2 Å². The highest BCUT2D eigenvalue weighted by molar-refractivity contribution is 5.72. The molecule has 0 rings (SSSR count). The van der Waals surface area contributed by atoms with E-state index in [0.29, 0.717) is 25.9 Å². The van der Waals surface area contributed by atoms with Crippen LogP contribution in [-0.4, -0.2) is 61.5 Å². The van der Waals surface area contributed by atoms with Crippen molar-refractivity contribution in [2.75, 3.05) is 26.4 Å². The number of esters is 4. The van der Waals surface area contributed by atoms with Crippen LogP contribution in [0.3, 0.4) is 0 Å². The molecule has 0 spiro atoms. The number of ether oxygens (including phenoxy) is 4. The Balaban J connectivity index is 4.07. The maximum absolute atomic E-state index is 12.6. The molecule has 0 aliphatic rings. The second kappa shape index (κ2) is 39.3. The summed E-state index contributed by atoms with van der Waals surface area (Å²) in [6.07, 6.45) is 31.6. The predicted molar refractivity (Wildman–Crippen MR) is 213 cm³/mol. The van der Waals surface area contributed by atoms with Crippen molar-refractivity contribution in [3.8, 4) is 0 Å². The molecule has 0 bridgehead atoms. The summed E-state index contributed by atoms with van der Waals surface area (Å²) in [4.78, 5) is 49.0. The SMILES string of the molecule is CCCCCCC=CCOC(=O)CCCCCCCC(=O)OCC(CO)COC(=O)CCCC(=O)OC(CCCCCCCC)CCCCCCCC. The monoisotopic (exact) mass is 753 g/mol. The van der Waals surface area contributed by atoms with Crippen LogP contribution >= 0.6 is 0 Å². The zero-order valence-corrected chi connectivity index (χ0v) is 34.4. The summed E-state index contributed by atoms with van der Waals surface area (Å²) >= 11 is 0. The molecule has 0 aliphatic heterocycles. The lowest BCUT2D eigenvalue weighted by atomic mass is 10.0. The Morgan fingerprint density at radius 1 is 0.472 bits per heavy atom. The van der Waals surface area contributed by atoms with E-state index in [9.17, 15) is 24.3 Å². The molecule has 0 amide bonds. The van der Waals surface area contributed by atoms with Gasteiger partial charge in [0.2, 0.25) is 0 Å². The van der Waals surface area contributed by atoms with Crippen LogP contribution < -0.4 is 0 Å². The van der Waals surface area contributed by atoms with Crippen molar-refractivity contribution < 1.29 is 43.2 Å². The zero-order valence-electron chi connectivity index (χ0n) is 34.4.